The Kier molecular flexibility index (Phi) is 6.48. The van der Waals surface area contributed by atoms with Crippen LogP contribution in [0.3, 0.4) is 0 Å². The van der Waals surface area contributed by atoms with E-state index >= 15 is 0 Å². The van der Waals surface area contributed by atoms with E-state index in [1.807, 2.05) is 6.92 Å². The summed E-state index contributed by atoms with van der Waals surface area (Å²) in [6, 6.07) is 0. The zero-order valence-electron chi connectivity index (χ0n) is 16.0. The lowest BCUT2D eigenvalue weighted by atomic mass is 10.2. The zero-order chi connectivity index (χ0) is 21.1. The average Bonchev–Trinajstić information content (AvgIpc) is 3.23. The number of morpholine rings is 1. The number of nitrogens with one attached hydrogen (secondary N) is 1. The highest BCUT2D eigenvalue weighted by atomic mass is 35.5. The van der Waals surface area contributed by atoms with Gasteiger partial charge in [-0.1, -0.05) is 11.6 Å². The van der Waals surface area contributed by atoms with Crippen LogP contribution in [0.1, 0.15) is 35.2 Å². The Morgan fingerprint density at radius 1 is 1.31 bits per heavy atom. The van der Waals surface area contributed by atoms with Gasteiger partial charge in [0.25, 0.3) is 12.3 Å². The Morgan fingerprint density at radius 2 is 2.00 bits per heavy atom. The van der Waals surface area contributed by atoms with Crippen LogP contribution >= 0.6 is 11.6 Å². The molecule has 3 heterocycles. The van der Waals surface area contributed by atoms with Crippen LogP contribution in [0.2, 0.25) is 5.02 Å². The fourth-order valence-electron chi connectivity index (χ4n) is 3.03. The molecule has 12 heteroatoms. The zero-order valence-corrected chi connectivity index (χ0v) is 16.7. The van der Waals surface area contributed by atoms with E-state index < -0.39 is 18.0 Å². The summed E-state index contributed by atoms with van der Waals surface area (Å²) in [5.41, 5.74) is 0.189. The van der Waals surface area contributed by atoms with Gasteiger partial charge < -0.3 is 15.0 Å². The first-order valence-electron chi connectivity index (χ1n) is 9.07. The van der Waals surface area contributed by atoms with Gasteiger partial charge >= 0.3 is 0 Å². The predicted octanol–water partition coefficient (Wildman–Crippen LogP) is 2.11. The number of rotatable bonds is 6. The van der Waals surface area contributed by atoms with E-state index in [0.717, 1.165) is 4.68 Å². The minimum atomic E-state index is -2.84. The average molecular weight is 431 g/mol. The topological polar surface area (TPSA) is 94.3 Å². The first-order valence-corrected chi connectivity index (χ1v) is 9.44. The minimum Gasteiger partial charge on any atom is -0.378 e. The highest BCUT2D eigenvalue weighted by Crippen LogP contribution is 2.28. The minimum absolute atomic E-state index is 0.171. The lowest BCUT2D eigenvalue weighted by Gasteiger charge is -2.27. The molecule has 0 unspecified atom stereocenters. The second kappa shape index (κ2) is 8.87. The number of carbonyl (C=O) groups excluding carboxylic acids is 2. The Bertz CT molecular complexity index is 907. The molecule has 1 aliphatic heterocycles. The third-order valence-electron chi connectivity index (χ3n) is 4.57. The van der Waals surface area contributed by atoms with E-state index in [0.29, 0.717) is 32.8 Å². The number of halogens is 3. The Hall–Kier alpha value is -2.53. The van der Waals surface area contributed by atoms with Gasteiger partial charge in [-0.2, -0.15) is 10.2 Å². The number of nitrogens with zero attached hydrogens (tertiary/aromatic N) is 5. The molecule has 1 N–H and O–H groups in total. The molecule has 0 atom stereocenters. The molecule has 9 nitrogen and oxygen atoms in total. The number of anilines is 1. The van der Waals surface area contributed by atoms with Crippen molar-refractivity contribution in [3.05, 3.63) is 28.3 Å². The van der Waals surface area contributed by atoms with Crippen molar-refractivity contribution >= 4 is 29.1 Å². The van der Waals surface area contributed by atoms with Gasteiger partial charge in [0.2, 0.25) is 5.91 Å². The first-order chi connectivity index (χ1) is 13.8. The fourth-order valence-corrected chi connectivity index (χ4v) is 3.24. The van der Waals surface area contributed by atoms with Crippen molar-refractivity contribution < 1.29 is 23.1 Å². The lowest BCUT2D eigenvalue weighted by Crippen LogP contribution is -2.41. The summed E-state index contributed by atoms with van der Waals surface area (Å²) in [5, 5.41) is 10.3. The molecule has 0 saturated carbocycles. The second-order valence-corrected chi connectivity index (χ2v) is 6.80. The third kappa shape index (κ3) is 4.40. The van der Waals surface area contributed by atoms with Crippen molar-refractivity contribution in [1.29, 1.82) is 0 Å². The van der Waals surface area contributed by atoms with Crippen LogP contribution in [0.5, 0.6) is 0 Å². The third-order valence-corrected chi connectivity index (χ3v) is 5.04. The van der Waals surface area contributed by atoms with Gasteiger partial charge in [0, 0.05) is 19.6 Å². The van der Waals surface area contributed by atoms with E-state index in [9.17, 15) is 18.4 Å². The van der Waals surface area contributed by atoms with E-state index in [-0.39, 0.29) is 34.5 Å². The molecule has 29 heavy (non-hydrogen) atoms. The van der Waals surface area contributed by atoms with Crippen LogP contribution in [0.15, 0.2) is 6.20 Å². The van der Waals surface area contributed by atoms with E-state index in [4.69, 9.17) is 16.3 Å². The molecule has 0 bridgehead atoms. The standard InChI is InChI=1S/C17H21ClF2N6O3/c1-3-25-15(17(28)24-4-6-29-7-5-24)11(8-21-25)22-12(27)9-26-10(2)13(18)14(23-26)16(19)20/h8,16H,3-7,9H2,1-2H3,(H,22,27). The van der Waals surface area contributed by atoms with Crippen LogP contribution in [0, 0.1) is 6.92 Å². The smallest absolute Gasteiger partial charge is 0.283 e. The maximum absolute atomic E-state index is 12.9. The molecule has 158 valence electrons. The molecule has 2 aromatic heterocycles. The number of carbonyl (C=O) groups is 2. The highest BCUT2D eigenvalue weighted by Gasteiger charge is 2.27. The molecule has 1 fully saturated rings. The van der Waals surface area contributed by atoms with Gasteiger partial charge in [0.05, 0.1) is 35.8 Å². The van der Waals surface area contributed by atoms with Gasteiger partial charge in [-0.15, -0.1) is 0 Å². The summed E-state index contributed by atoms with van der Waals surface area (Å²) >= 11 is 5.86. The number of hydrogen-bond donors (Lipinski definition) is 1. The molecule has 1 aliphatic rings. The number of hydrogen-bond acceptors (Lipinski definition) is 5. The van der Waals surface area contributed by atoms with E-state index in [1.165, 1.54) is 17.8 Å². The molecule has 2 amide bonds. The Morgan fingerprint density at radius 3 is 2.59 bits per heavy atom. The molecule has 2 aromatic rings. The number of amides is 2. The van der Waals surface area contributed by atoms with E-state index in [1.54, 1.807) is 4.90 Å². The maximum atomic E-state index is 12.9. The summed E-state index contributed by atoms with van der Waals surface area (Å²) in [6.07, 6.45) is -1.45. The quantitative estimate of drug-likeness (QED) is 0.757. The predicted molar refractivity (Wildman–Crippen MR) is 100 cm³/mol. The van der Waals surface area contributed by atoms with Crippen molar-refractivity contribution in [3.8, 4) is 0 Å². The molecule has 3 rings (SSSR count). The van der Waals surface area contributed by atoms with Crippen molar-refractivity contribution in [1.82, 2.24) is 24.5 Å². The molecular weight excluding hydrogens is 410 g/mol. The first kappa shape index (κ1) is 21.2. The number of aryl methyl sites for hydroxylation is 1. The van der Waals surface area contributed by atoms with Crippen molar-refractivity contribution in [2.24, 2.45) is 0 Å². The Labute approximate surface area is 170 Å². The molecule has 0 spiro atoms. The molecular formula is C17H21ClF2N6O3. The second-order valence-electron chi connectivity index (χ2n) is 6.42. The van der Waals surface area contributed by atoms with Gasteiger partial charge in [0.15, 0.2) is 0 Å². The summed E-state index contributed by atoms with van der Waals surface area (Å²) in [6.45, 7) is 5.21. The molecule has 0 radical (unpaired) electrons. The summed E-state index contributed by atoms with van der Waals surface area (Å²) in [5.74, 6) is -0.805. The van der Waals surface area contributed by atoms with Crippen molar-refractivity contribution in [2.45, 2.75) is 33.4 Å². The van der Waals surface area contributed by atoms with Crippen molar-refractivity contribution in [3.63, 3.8) is 0 Å². The number of ether oxygens (including phenoxy) is 1. The number of aromatic nitrogens is 4. The monoisotopic (exact) mass is 430 g/mol. The summed E-state index contributed by atoms with van der Waals surface area (Å²) in [4.78, 5) is 27.0. The molecule has 0 aliphatic carbocycles. The van der Waals surface area contributed by atoms with Crippen LogP contribution in [-0.2, 0) is 22.6 Å². The highest BCUT2D eigenvalue weighted by molar-refractivity contribution is 6.31. The van der Waals surface area contributed by atoms with Crippen LogP contribution in [0.25, 0.3) is 0 Å². The van der Waals surface area contributed by atoms with Crippen LogP contribution in [-0.4, -0.2) is 62.6 Å². The molecule has 1 saturated heterocycles. The largest absolute Gasteiger partial charge is 0.378 e. The van der Waals surface area contributed by atoms with Gasteiger partial charge in [-0.25, -0.2) is 8.78 Å². The molecule has 0 aromatic carbocycles. The van der Waals surface area contributed by atoms with Gasteiger partial charge in [-0.05, 0) is 13.8 Å². The fraction of sp³-hybridized carbons (Fsp3) is 0.529. The summed E-state index contributed by atoms with van der Waals surface area (Å²) < 4.78 is 33.8. The van der Waals surface area contributed by atoms with Crippen molar-refractivity contribution in [2.75, 3.05) is 31.6 Å². The number of alkyl halides is 2. The lowest BCUT2D eigenvalue weighted by molar-refractivity contribution is -0.117. The van der Waals surface area contributed by atoms with E-state index in [2.05, 4.69) is 15.5 Å². The maximum Gasteiger partial charge on any atom is 0.283 e. The SMILES string of the molecule is CCn1ncc(NC(=O)Cn2nc(C(F)F)c(Cl)c2C)c1C(=O)N1CCOCC1. The van der Waals surface area contributed by atoms with Crippen LogP contribution < -0.4 is 5.32 Å². The summed E-state index contributed by atoms with van der Waals surface area (Å²) in [7, 11) is 0. The Balaban J connectivity index is 1.78. The van der Waals surface area contributed by atoms with Crippen LogP contribution in [0.4, 0.5) is 14.5 Å². The normalized spacial score (nSPS) is 14.5. The van der Waals surface area contributed by atoms with Gasteiger partial charge in [0.1, 0.15) is 17.9 Å². The van der Waals surface area contributed by atoms with Gasteiger partial charge in [-0.3, -0.25) is 19.0 Å².